The van der Waals surface area contributed by atoms with Crippen molar-refractivity contribution >= 4 is 12.1 Å². The average Bonchev–Trinajstić information content (AvgIpc) is 2.92. The van der Waals surface area contributed by atoms with Crippen LogP contribution in [0.5, 0.6) is 5.75 Å². The van der Waals surface area contributed by atoms with Crippen molar-refractivity contribution in [3.63, 3.8) is 0 Å². The highest BCUT2D eigenvalue weighted by atomic mass is 16.5. The minimum absolute atomic E-state index is 0.116. The number of nitrogens with zero attached hydrogens (tertiary/aromatic N) is 3. The van der Waals surface area contributed by atoms with E-state index >= 15 is 0 Å². The Morgan fingerprint density at radius 1 is 1.14 bits per heavy atom. The number of ether oxygens (including phenoxy) is 1. The summed E-state index contributed by atoms with van der Waals surface area (Å²) in [7, 11) is 0. The largest absolute Gasteiger partial charge is 0.491 e. The standard InChI is InChI=1S/C23H28N4O2/c1-16(2)29-20-11-9-18(10-12-20)21-14-24-15-22(26-21)23(28)27-25-13-19-8-6-4-5-7-17(19)3/h9-16H,4-8H2,1-3H3,(H,27,28). The number of nitrogens with one attached hydrogen (secondary N) is 1. The van der Waals surface area contributed by atoms with Crippen LogP contribution in [0.15, 0.2) is 52.9 Å². The maximum absolute atomic E-state index is 12.4. The van der Waals surface area contributed by atoms with Crippen molar-refractivity contribution in [2.45, 2.75) is 59.0 Å². The fourth-order valence-corrected chi connectivity index (χ4v) is 3.25. The van der Waals surface area contributed by atoms with Gasteiger partial charge in [-0.1, -0.05) is 12.0 Å². The molecule has 0 spiro atoms. The quantitative estimate of drug-likeness (QED) is 0.559. The Balaban J connectivity index is 1.67. The summed E-state index contributed by atoms with van der Waals surface area (Å²) >= 11 is 0. The van der Waals surface area contributed by atoms with E-state index in [-0.39, 0.29) is 17.7 Å². The Hall–Kier alpha value is -3.02. The predicted octanol–water partition coefficient (Wildman–Crippen LogP) is 4.93. The number of carbonyl (C=O) groups excluding carboxylic acids is 1. The van der Waals surface area contributed by atoms with Crippen LogP contribution in [0.25, 0.3) is 11.3 Å². The zero-order valence-electron chi connectivity index (χ0n) is 17.3. The first-order valence-corrected chi connectivity index (χ1v) is 10.1. The molecule has 3 rings (SSSR count). The summed E-state index contributed by atoms with van der Waals surface area (Å²) in [4.78, 5) is 21.0. The number of benzene rings is 1. The normalized spacial score (nSPS) is 14.9. The van der Waals surface area contributed by atoms with Crippen molar-refractivity contribution in [2.75, 3.05) is 0 Å². The summed E-state index contributed by atoms with van der Waals surface area (Å²) in [5, 5.41) is 4.14. The molecule has 1 aromatic carbocycles. The van der Waals surface area contributed by atoms with Crippen molar-refractivity contribution in [2.24, 2.45) is 5.10 Å². The fraction of sp³-hybridized carbons (Fsp3) is 0.391. The van der Waals surface area contributed by atoms with Crippen molar-refractivity contribution < 1.29 is 9.53 Å². The molecular formula is C23H28N4O2. The molecule has 6 heteroatoms. The molecule has 1 aromatic heterocycles. The van der Waals surface area contributed by atoms with Crippen molar-refractivity contribution in [1.29, 1.82) is 0 Å². The third kappa shape index (κ3) is 5.98. The zero-order valence-corrected chi connectivity index (χ0v) is 17.3. The monoisotopic (exact) mass is 392 g/mol. The summed E-state index contributed by atoms with van der Waals surface area (Å²) in [5.41, 5.74) is 6.86. The van der Waals surface area contributed by atoms with E-state index in [1.165, 1.54) is 36.6 Å². The zero-order chi connectivity index (χ0) is 20.6. The molecule has 6 nitrogen and oxygen atoms in total. The second-order valence-corrected chi connectivity index (χ2v) is 7.55. The second-order valence-electron chi connectivity index (χ2n) is 7.55. The molecule has 1 amide bonds. The van der Waals surface area contributed by atoms with Gasteiger partial charge in [-0.05, 0) is 76.3 Å². The van der Waals surface area contributed by atoms with Crippen LogP contribution in [0, 0.1) is 0 Å². The molecule has 0 unspecified atom stereocenters. The van der Waals surface area contributed by atoms with Crippen LogP contribution in [-0.4, -0.2) is 28.2 Å². The fourth-order valence-electron chi connectivity index (χ4n) is 3.25. The van der Waals surface area contributed by atoms with Crippen molar-refractivity contribution in [1.82, 2.24) is 15.4 Å². The minimum Gasteiger partial charge on any atom is -0.491 e. The molecule has 152 valence electrons. The minimum atomic E-state index is -0.373. The molecule has 1 aliphatic rings. The van der Waals surface area contributed by atoms with Gasteiger partial charge in [0.25, 0.3) is 5.91 Å². The van der Waals surface area contributed by atoms with Crippen LogP contribution in [0.2, 0.25) is 0 Å². The molecule has 1 aliphatic carbocycles. The van der Waals surface area contributed by atoms with Crippen LogP contribution < -0.4 is 10.2 Å². The van der Waals surface area contributed by atoms with Gasteiger partial charge in [0.15, 0.2) is 0 Å². The summed E-state index contributed by atoms with van der Waals surface area (Å²) in [5.74, 6) is 0.422. The van der Waals surface area contributed by atoms with E-state index < -0.39 is 0 Å². The predicted molar refractivity (Wildman–Crippen MR) is 115 cm³/mol. The summed E-state index contributed by atoms with van der Waals surface area (Å²) in [6.07, 6.45) is 10.7. The van der Waals surface area contributed by atoms with E-state index in [1.807, 2.05) is 38.1 Å². The Morgan fingerprint density at radius 3 is 2.66 bits per heavy atom. The molecule has 0 radical (unpaired) electrons. The third-order valence-corrected chi connectivity index (χ3v) is 4.82. The van der Waals surface area contributed by atoms with Gasteiger partial charge >= 0.3 is 0 Å². The lowest BCUT2D eigenvalue weighted by Crippen LogP contribution is -2.19. The van der Waals surface area contributed by atoms with Gasteiger partial charge in [0, 0.05) is 5.56 Å². The Bertz CT molecular complexity index is 901. The maximum atomic E-state index is 12.4. The lowest BCUT2D eigenvalue weighted by molar-refractivity contribution is 0.0950. The molecule has 1 N–H and O–H groups in total. The number of aromatic nitrogens is 2. The number of amides is 1. The first-order chi connectivity index (χ1) is 14.0. The van der Waals surface area contributed by atoms with E-state index in [0.29, 0.717) is 5.69 Å². The van der Waals surface area contributed by atoms with E-state index in [1.54, 1.807) is 12.4 Å². The lowest BCUT2D eigenvalue weighted by atomic mass is 10.1. The van der Waals surface area contributed by atoms with Gasteiger partial charge in [-0.2, -0.15) is 5.10 Å². The van der Waals surface area contributed by atoms with Crippen LogP contribution in [0.1, 0.15) is 63.4 Å². The topological polar surface area (TPSA) is 76.5 Å². The van der Waals surface area contributed by atoms with Crippen molar-refractivity contribution in [3.05, 3.63) is 53.5 Å². The van der Waals surface area contributed by atoms with Crippen LogP contribution >= 0.6 is 0 Å². The molecule has 0 atom stereocenters. The van der Waals surface area contributed by atoms with Gasteiger partial charge in [0.2, 0.25) is 0 Å². The van der Waals surface area contributed by atoms with Gasteiger partial charge in [-0.3, -0.25) is 9.78 Å². The van der Waals surface area contributed by atoms with Gasteiger partial charge < -0.3 is 4.74 Å². The summed E-state index contributed by atoms with van der Waals surface area (Å²) < 4.78 is 5.66. The molecule has 1 heterocycles. The Morgan fingerprint density at radius 2 is 1.90 bits per heavy atom. The number of rotatable bonds is 6. The number of hydrazone groups is 1. The molecule has 0 fully saturated rings. The first-order valence-electron chi connectivity index (χ1n) is 10.1. The molecule has 29 heavy (non-hydrogen) atoms. The van der Waals surface area contributed by atoms with Gasteiger partial charge in [-0.15, -0.1) is 0 Å². The van der Waals surface area contributed by atoms with Crippen LogP contribution in [0.3, 0.4) is 0 Å². The van der Waals surface area contributed by atoms with Crippen LogP contribution in [0.4, 0.5) is 0 Å². The Kier molecular flexibility index (Phi) is 7.11. The summed E-state index contributed by atoms with van der Waals surface area (Å²) in [6, 6.07) is 7.58. The van der Waals surface area contributed by atoms with Gasteiger partial charge in [0.1, 0.15) is 11.4 Å². The maximum Gasteiger partial charge on any atom is 0.291 e. The van der Waals surface area contributed by atoms with E-state index in [2.05, 4.69) is 27.4 Å². The van der Waals surface area contributed by atoms with E-state index in [9.17, 15) is 4.79 Å². The molecule has 0 saturated carbocycles. The molecular weight excluding hydrogens is 364 g/mol. The molecule has 0 saturated heterocycles. The first kappa shape index (κ1) is 20.7. The average molecular weight is 393 g/mol. The number of carbonyl (C=O) groups is 1. The smallest absolute Gasteiger partial charge is 0.291 e. The number of hydrogen-bond donors (Lipinski definition) is 1. The number of allylic oxidation sites excluding steroid dienone is 2. The van der Waals surface area contributed by atoms with Crippen LogP contribution in [-0.2, 0) is 0 Å². The van der Waals surface area contributed by atoms with Gasteiger partial charge in [-0.25, -0.2) is 10.4 Å². The Labute approximate surface area is 172 Å². The highest BCUT2D eigenvalue weighted by Crippen LogP contribution is 2.22. The molecule has 0 bridgehead atoms. The highest BCUT2D eigenvalue weighted by molar-refractivity contribution is 5.93. The second kappa shape index (κ2) is 9.96. The molecule has 0 aliphatic heterocycles. The SMILES string of the molecule is CC1=C(C=NNC(=O)c2cncc(-c3ccc(OC(C)C)cc3)n2)CCCCC1. The lowest BCUT2D eigenvalue weighted by Gasteiger charge is -2.10. The summed E-state index contributed by atoms with van der Waals surface area (Å²) in [6.45, 7) is 6.11. The molecule has 2 aromatic rings. The van der Waals surface area contributed by atoms with Gasteiger partial charge in [0.05, 0.1) is 30.4 Å². The van der Waals surface area contributed by atoms with E-state index in [4.69, 9.17) is 4.74 Å². The van der Waals surface area contributed by atoms with Crippen molar-refractivity contribution in [3.8, 4) is 17.0 Å². The highest BCUT2D eigenvalue weighted by Gasteiger charge is 2.10. The third-order valence-electron chi connectivity index (χ3n) is 4.82. The van der Waals surface area contributed by atoms with E-state index in [0.717, 1.165) is 24.2 Å². The number of hydrogen-bond acceptors (Lipinski definition) is 5.